The van der Waals surface area contributed by atoms with Crippen LogP contribution in [0.3, 0.4) is 0 Å². The first-order chi connectivity index (χ1) is 10.3. The van der Waals surface area contributed by atoms with Crippen LogP contribution < -0.4 is 4.52 Å². The lowest BCUT2D eigenvalue weighted by molar-refractivity contribution is 0.506. The summed E-state index contributed by atoms with van der Waals surface area (Å²) >= 11 is 3.21. The molecule has 1 aliphatic rings. The standard InChI is InChI=1S/C18H18BrO2P.H2O/c1-18(2,3)14-9-10-17-15(11-14)16(12-22(19,20)21-17)13-7-5-4-6-8-13;/h4-12H,1-3H3;1H2. The van der Waals surface area contributed by atoms with Gasteiger partial charge in [-0.05, 0) is 28.7 Å². The van der Waals surface area contributed by atoms with E-state index in [0.717, 1.165) is 16.7 Å². The smallest absolute Gasteiger partial charge is 0.334 e. The Kier molecular flexibility index (Phi) is 4.91. The molecule has 0 spiro atoms. The van der Waals surface area contributed by atoms with E-state index in [-0.39, 0.29) is 10.9 Å². The molecule has 23 heavy (non-hydrogen) atoms. The van der Waals surface area contributed by atoms with Crippen molar-refractivity contribution in [3.05, 3.63) is 71.0 Å². The lowest BCUT2D eigenvalue weighted by atomic mass is 9.84. The van der Waals surface area contributed by atoms with Crippen molar-refractivity contribution in [3.8, 4) is 5.75 Å². The highest BCUT2D eigenvalue weighted by molar-refractivity contribution is 9.40. The zero-order valence-corrected chi connectivity index (χ0v) is 15.8. The predicted octanol–water partition coefficient (Wildman–Crippen LogP) is 5.53. The number of fused-ring (bicyclic) bond motifs is 1. The number of hydrogen-bond acceptors (Lipinski definition) is 2. The van der Waals surface area contributed by atoms with Crippen LogP contribution in [-0.2, 0) is 9.98 Å². The molecule has 2 aromatic rings. The highest BCUT2D eigenvalue weighted by Crippen LogP contribution is 2.62. The Balaban J connectivity index is 0.00000192. The van der Waals surface area contributed by atoms with E-state index in [1.807, 2.05) is 42.5 Å². The van der Waals surface area contributed by atoms with E-state index in [4.69, 9.17) is 4.52 Å². The van der Waals surface area contributed by atoms with E-state index in [2.05, 4.69) is 42.3 Å². The maximum atomic E-state index is 12.5. The van der Waals surface area contributed by atoms with Crippen molar-refractivity contribution in [2.75, 3.05) is 0 Å². The van der Waals surface area contributed by atoms with Crippen LogP contribution in [0.4, 0.5) is 0 Å². The van der Waals surface area contributed by atoms with E-state index in [9.17, 15) is 4.57 Å². The van der Waals surface area contributed by atoms with Crippen LogP contribution in [0.2, 0.25) is 0 Å². The Morgan fingerprint density at radius 2 is 1.70 bits per heavy atom. The molecule has 2 aromatic carbocycles. The molecule has 0 aromatic heterocycles. The lowest BCUT2D eigenvalue weighted by Gasteiger charge is -2.26. The molecule has 0 aliphatic carbocycles. The maximum absolute atomic E-state index is 12.5. The second kappa shape index (κ2) is 6.27. The average Bonchev–Trinajstić information content (AvgIpc) is 2.45. The largest absolute Gasteiger partial charge is 0.432 e. The molecular formula is C18H20BrO3P. The Hall–Kier alpha value is -1.35. The maximum Gasteiger partial charge on any atom is 0.334 e. The molecule has 0 fully saturated rings. The van der Waals surface area contributed by atoms with Crippen molar-refractivity contribution in [1.82, 2.24) is 0 Å². The molecule has 0 saturated heterocycles. The van der Waals surface area contributed by atoms with Gasteiger partial charge in [-0.3, -0.25) is 4.57 Å². The summed E-state index contributed by atoms with van der Waals surface area (Å²) in [4.78, 5) is 0. The van der Waals surface area contributed by atoms with Crippen molar-refractivity contribution in [2.45, 2.75) is 26.2 Å². The summed E-state index contributed by atoms with van der Waals surface area (Å²) in [7, 11) is 0. The Labute approximate surface area is 144 Å². The molecule has 1 heterocycles. The first kappa shape index (κ1) is 18.0. The summed E-state index contributed by atoms with van der Waals surface area (Å²) in [6, 6.07) is 16.1. The zero-order chi connectivity index (χ0) is 16.0. The number of hydrogen-bond donors (Lipinski definition) is 0. The molecule has 1 atom stereocenters. The van der Waals surface area contributed by atoms with Crippen LogP contribution in [0, 0.1) is 0 Å². The minimum atomic E-state index is -2.95. The van der Waals surface area contributed by atoms with Gasteiger partial charge in [0.25, 0.3) is 0 Å². The molecule has 0 radical (unpaired) electrons. The average molecular weight is 395 g/mol. The van der Waals surface area contributed by atoms with Gasteiger partial charge >= 0.3 is 6.07 Å². The van der Waals surface area contributed by atoms with Crippen LogP contribution >= 0.6 is 21.6 Å². The van der Waals surface area contributed by atoms with Gasteiger partial charge in [-0.2, -0.15) is 0 Å². The van der Waals surface area contributed by atoms with Crippen LogP contribution in [0.5, 0.6) is 5.75 Å². The van der Waals surface area contributed by atoms with Gasteiger partial charge in [0.1, 0.15) is 5.75 Å². The fourth-order valence-corrected chi connectivity index (χ4v) is 4.68. The SMILES string of the molecule is CC(C)(C)c1ccc2c(c1)C(c1ccccc1)=CP(=O)(Br)O2.O. The van der Waals surface area contributed by atoms with Gasteiger partial charge in [-0.25, -0.2) is 0 Å². The predicted molar refractivity (Wildman–Crippen MR) is 99.4 cm³/mol. The fraction of sp³-hybridized carbons (Fsp3) is 0.222. The molecule has 3 rings (SSSR count). The Morgan fingerprint density at radius 3 is 2.30 bits per heavy atom. The molecule has 5 heteroatoms. The number of rotatable bonds is 1. The van der Waals surface area contributed by atoms with Crippen LogP contribution in [-0.4, -0.2) is 5.48 Å². The van der Waals surface area contributed by atoms with Crippen molar-refractivity contribution >= 4 is 27.1 Å². The Morgan fingerprint density at radius 1 is 1.04 bits per heavy atom. The second-order valence-electron chi connectivity index (χ2n) is 6.48. The van der Waals surface area contributed by atoms with Crippen LogP contribution in [0.1, 0.15) is 37.5 Å². The molecule has 0 amide bonds. The van der Waals surface area contributed by atoms with E-state index < -0.39 is 6.07 Å². The van der Waals surface area contributed by atoms with Gasteiger partial charge in [0.15, 0.2) is 0 Å². The van der Waals surface area contributed by atoms with Crippen molar-refractivity contribution < 1.29 is 14.6 Å². The fourth-order valence-electron chi connectivity index (χ4n) is 2.52. The van der Waals surface area contributed by atoms with Crippen LogP contribution in [0.25, 0.3) is 5.57 Å². The monoisotopic (exact) mass is 394 g/mol. The Bertz CT molecular complexity index is 792. The third-order valence-electron chi connectivity index (χ3n) is 3.73. The molecule has 0 saturated carbocycles. The molecule has 1 aliphatic heterocycles. The molecule has 2 N–H and O–H groups in total. The van der Waals surface area contributed by atoms with Gasteiger partial charge in [0.05, 0.1) is 0 Å². The summed E-state index contributed by atoms with van der Waals surface area (Å²) in [6.45, 7) is 6.54. The zero-order valence-electron chi connectivity index (χ0n) is 13.3. The highest BCUT2D eigenvalue weighted by Gasteiger charge is 2.29. The second-order valence-corrected chi connectivity index (χ2v) is 10.9. The van der Waals surface area contributed by atoms with Gasteiger partial charge < -0.3 is 10.00 Å². The normalized spacial score (nSPS) is 19.9. The van der Waals surface area contributed by atoms with Crippen molar-refractivity contribution in [1.29, 1.82) is 0 Å². The van der Waals surface area contributed by atoms with E-state index >= 15 is 0 Å². The lowest BCUT2D eigenvalue weighted by Crippen LogP contribution is -2.12. The summed E-state index contributed by atoms with van der Waals surface area (Å²) in [5.41, 5.74) is 4.25. The summed E-state index contributed by atoms with van der Waals surface area (Å²) < 4.78 is 18.1. The van der Waals surface area contributed by atoms with Crippen LogP contribution in [0.15, 0.2) is 54.3 Å². The van der Waals surface area contributed by atoms with Gasteiger partial charge in [-0.15, -0.1) is 0 Å². The molecule has 1 unspecified atom stereocenters. The van der Waals surface area contributed by atoms with E-state index in [0.29, 0.717) is 5.75 Å². The minimum Gasteiger partial charge on any atom is -0.432 e. The summed E-state index contributed by atoms with van der Waals surface area (Å²) in [5.74, 6) is 2.37. The third kappa shape index (κ3) is 3.77. The highest BCUT2D eigenvalue weighted by atomic mass is 79.9. The summed E-state index contributed by atoms with van der Waals surface area (Å²) in [6.07, 6.45) is -2.95. The molecule has 3 nitrogen and oxygen atoms in total. The number of halogens is 1. The van der Waals surface area contributed by atoms with Gasteiger partial charge in [0.2, 0.25) is 0 Å². The van der Waals surface area contributed by atoms with E-state index in [1.54, 1.807) is 5.82 Å². The molecule has 0 bridgehead atoms. The first-order valence-electron chi connectivity index (χ1n) is 7.18. The number of benzene rings is 2. The first-order valence-corrected chi connectivity index (χ1v) is 10.9. The topological polar surface area (TPSA) is 57.8 Å². The van der Waals surface area contributed by atoms with Crippen molar-refractivity contribution in [2.24, 2.45) is 0 Å². The third-order valence-corrected chi connectivity index (χ3v) is 5.79. The molecule has 122 valence electrons. The van der Waals surface area contributed by atoms with Gasteiger partial charge in [-0.1, -0.05) is 57.2 Å². The molecular weight excluding hydrogens is 375 g/mol. The minimum absolute atomic E-state index is 0. The summed E-state index contributed by atoms with van der Waals surface area (Å²) in [5, 5.41) is 0. The van der Waals surface area contributed by atoms with Gasteiger partial charge in [0, 0.05) is 32.4 Å². The quantitative estimate of drug-likeness (QED) is 0.597. The van der Waals surface area contributed by atoms with Crippen molar-refractivity contribution in [3.63, 3.8) is 0 Å². The van der Waals surface area contributed by atoms with E-state index in [1.165, 1.54) is 5.56 Å².